The Balaban J connectivity index is 3.04. The van der Waals surface area contributed by atoms with Crippen molar-refractivity contribution < 1.29 is 13.3 Å². The second-order valence-electron chi connectivity index (χ2n) is 3.93. The van der Waals surface area contributed by atoms with Crippen LogP contribution in [0, 0.1) is 10.1 Å². The van der Waals surface area contributed by atoms with E-state index < -0.39 is 14.9 Å². The van der Waals surface area contributed by atoms with Gasteiger partial charge in [0.2, 0.25) is 10.0 Å². The topological polar surface area (TPSA) is 80.5 Å². The summed E-state index contributed by atoms with van der Waals surface area (Å²) >= 11 is 0. The summed E-state index contributed by atoms with van der Waals surface area (Å²) in [7, 11) is -2.16. The van der Waals surface area contributed by atoms with Gasteiger partial charge >= 0.3 is 0 Å². The number of non-ortho nitro benzene ring substituents is 1. The van der Waals surface area contributed by atoms with Crippen molar-refractivity contribution in [1.82, 2.24) is 4.31 Å². The van der Waals surface area contributed by atoms with E-state index in [1.54, 1.807) is 0 Å². The Kier molecular flexibility index (Phi) is 4.80. The van der Waals surface area contributed by atoms with Gasteiger partial charge in [0.15, 0.2) is 0 Å². The number of nitro benzene ring substituents is 1. The van der Waals surface area contributed by atoms with Gasteiger partial charge in [-0.15, -0.1) is 0 Å². The van der Waals surface area contributed by atoms with Crippen LogP contribution in [0.1, 0.15) is 19.8 Å². The van der Waals surface area contributed by atoms with Gasteiger partial charge in [-0.2, -0.15) is 0 Å². The third kappa shape index (κ3) is 3.27. The highest BCUT2D eigenvalue weighted by molar-refractivity contribution is 7.89. The number of nitro groups is 1. The summed E-state index contributed by atoms with van der Waals surface area (Å²) in [6.45, 7) is 2.37. The zero-order chi connectivity index (χ0) is 13.8. The Morgan fingerprint density at radius 3 is 2.61 bits per heavy atom. The van der Waals surface area contributed by atoms with Crippen LogP contribution >= 0.6 is 0 Å². The molecule has 0 fully saturated rings. The number of hydrogen-bond acceptors (Lipinski definition) is 4. The maximum atomic E-state index is 12.1. The largest absolute Gasteiger partial charge is 0.270 e. The second-order valence-corrected chi connectivity index (χ2v) is 5.98. The van der Waals surface area contributed by atoms with Crippen LogP contribution in [0.2, 0.25) is 0 Å². The molecule has 0 aliphatic rings. The van der Waals surface area contributed by atoms with E-state index in [0.29, 0.717) is 6.54 Å². The first-order chi connectivity index (χ1) is 8.39. The number of nitrogens with zero attached hydrogens (tertiary/aromatic N) is 2. The molecule has 0 atom stereocenters. The molecule has 0 aliphatic heterocycles. The number of sulfonamides is 1. The fourth-order valence-corrected chi connectivity index (χ4v) is 2.69. The minimum absolute atomic E-state index is 0.0460. The molecule has 1 aromatic rings. The van der Waals surface area contributed by atoms with E-state index in [1.165, 1.54) is 29.6 Å². The first kappa shape index (κ1) is 14.6. The third-order valence-electron chi connectivity index (χ3n) is 2.56. The fourth-order valence-electron chi connectivity index (χ4n) is 1.44. The second kappa shape index (κ2) is 5.92. The van der Waals surface area contributed by atoms with Gasteiger partial charge in [0, 0.05) is 25.7 Å². The third-order valence-corrected chi connectivity index (χ3v) is 4.42. The summed E-state index contributed by atoms with van der Waals surface area (Å²) in [5, 5.41) is 10.6. The lowest BCUT2D eigenvalue weighted by Crippen LogP contribution is -2.27. The van der Waals surface area contributed by atoms with Gasteiger partial charge in [-0.25, -0.2) is 12.7 Å². The van der Waals surface area contributed by atoms with E-state index in [1.807, 2.05) is 6.92 Å². The monoisotopic (exact) mass is 272 g/mol. The Morgan fingerprint density at radius 1 is 1.39 bits per heavy atom. The average molecular weight is 272 g/mol. The van der Waals surface area contributed by atoms with Gasteiger partial charge in [-0.1, -0.05) is 19.4 Å². The van der Waals surface area contributed by atoms with Crippen LogP contribution in [0.25, 0.3) is 0 Å². The molecule has 18 heavy (non-hydrogen) atoms. The molecule has 0 saturated carbocycles. The molecule has 0 amide bonds. The molecule has 0 unspecified atom stereocenters. The van der Waals surface area contributed by atoms with Crippen LogP contribution in [0.3, 0.4) is 0 Å². The average Bonchev–Trinajstić information content (AvgIpc) is 2.35. The number of unbranched alkanes of at least 4 members (excludes halogenated alkanes) is 1. The van der Waals surface area contributed by atoms with E-state index in [-0.39, 0.29) is 10.6 Å². The lowest BCUT2D eigenvalue weighted by Gasteiger charge is -2.16. The number of benzene rings is 1. The van der Waals surface area contributed by atoms with Crippen molar-refractivity contribution in [3.63, 3.8) is 0 Å². The molecule has 1 rings (SSSR count). The van der Waals surface area contributed by atoms with Gasteiger partial charge in [-0.05, 0) is 12.5 Å². The molecule has 0 aromatic heterocycles. The maximum absolute atomic E-state index is 12.1. The molecular formula is C11H16N2O4S. The molecule has 7 heteroatoms. The first-order valence-corrected chi connectivity index (χ1v) is 7.04. The molecule has 0 saturated heterocycles. The SMILES string of the molecule is CCCCN(C)S(=O)(=O)c1cccc([N+](=O)[O-])c1. The molecule has 0 radical (unpaired) electrons. The van der Waals surface area contributed by atoms with Crippen molar-refractivity contribution in [3.8, 4) is 0 Å². The molecule has 0 spiro atoms. The number of hydrogen-bond donors (Lipinski definition) is 0. The highest BCUT2D eigenvalue weighted by Gasteiger charge is 2.22. The summed E-state index contributed by atoms with van der Waals surface area (Å²) in [6.07, 6.45) is 1.64. The molecule has 1 aromatic carbocycles. The Hall–Kier alpha value is -1.47. The summed E-state index contributed by atoms with van der Waals surface area (Å²) in [5.74, 6) is 0. The van der Waals surface area contributed by atoms with Crippen LogP contribution < -0.4 is 0 Å². The molecule has 0 bridgehead atoms. The zero-order valence-corrected chi connectivity index (χ0v) is 11.2. The van der Waals surface area contributed by atoms with E-state index in [9.17, 15) is 18.5 Å². The lowest BCUT2D eigenvalue weighted by atomic mass is 10.3. The molecule has 0 heterocycles. The van der Waals surface area contributed by atoms with Gasteiger partial charge < -0.3 is 0 Å². The van der Waals surface area contributed by atoms with Crippen molar-refractivity contribution in [1.29, 1.82) is 0 Å². The minimum atomic E-state index is -3.64. The predicted octanol–water partition coefficient (Wildman–Crippen LogP) is 2.02. The van der Waals surface area contributed by atoms with Crippen LogP contribution in [0.15, 0.2) is 29.2 Å². The van der Waals surface area contributed by atoms with Gasteiger partial charge in [0.05, 0.1) is 9.82 Å². The van der Waals surface area contributed by atoms with Crippen molar-refractivity contribution in [2.75, 3.05) is 13.6 Å². The normalized spacial score (nSPS) is 11.7. The van der Waals surface area contributed by atoms with Gasteiger partial charge in [0.1, 0.15) is 0 Å². The smallest absolute Gasteiger partial charge is 0.258 e. The van der Waals surface area contributed by atoms with E-state index in [0.717, 1.165) is 18.9 Å². The number of rotatable bonds is 6. The standard InChI is InChI=1S/C11H16N2O4S/c1-3-4-8-12(2)18(16,17)11-7-5-6-10(9-11)13(14)15/h5-7,9H,3-4,8H2,1-2H3. The van der Waals surface area contributed by atoms with E-state index >= 15 is 0 Å². The van der Waals surface area contributed by atoms with Crippen molar-refractivity contribution in [3.05, 3.63) is 34.4 Å². The van der Waals surface area contributed by atoms with E-state index in [4.69, 9.17) is 0 Å². The molecule has 100 valence electrons. The minimum Gasteiger partial charge on any atom is -0.258 e. The molecule has 6 nitrogen and oxygen atoms in total. The van der Waals surface area contributed by atoms with Crippen molar-refractivity contribution >= 4 is 15.7 Å². The maximum Gasteiger partial charge on any atom is 0.270 e. The van der Waals surface area contributed by atoms with E-state index in [2.05, 4.69) is 0 Å². The molecule has 0 N–H and O–H groups in total. The van der Waals surface area contributed by atoms with Crippen LogP contribution in [-0.4, -0.2) is 31.2 Å². The highest BCUT2D eigenvalue weighted by Crippen LogP contribution is 2.20. The predicted molar refractivity (Wildman–Crippen MR) is 67.8 cm³/mol. The Morgan fingerprint density at radius 2 is 2.06 bits per heavy atom. The lowest BCUT2D eigenvalue weighted by molar-refractivity contribution is -0.385. The van der Waals surface area contributed by atoms with Gasteiger partial charge in [0.25, 0.3) is 5.69 Å². The zero-order valence-electron chi connectivity index (χ0n) is 10.4. The summed E-state index contributed by atoms with van der Waals surface area (Å²) in [6, 6.07) is 5.09. The van der Waals surface area contributed by atoms with Crippen LogP contribution in [0.4, 0.5) is 5.69 Å². The van der Waals surface area contributed by atoms with Crippen molar-refractivity contribution in [2.24, 2.45) is 0 Å². The van der Waals surface area contributed by atoms with Gasteiger partial charge in [-0.3, -0.25) is 10.1 Å². The summed E-state index contributed by atoms with van der Waals surface area (Å²) < 4.78 is 25.5. The van der Waals surface area contributed by atoms with Crippen LogP contribution in [0.5, 0.6) is 0 Å². The van der Waals surface area contributed by atoms with Crippen molar-refractivity contribution in [2.45, 2.75) is 24.7 Å². The summed E-state index contributed by atoms with van der Waals surface area (Å²) in [5.41, 5.74) is -0.222. The fraction of sp³-hybridized carbons (Fsp3) is 0.455. The quantitative estimate of drug-likeness (QED) is 0.586. The molecular weight excluding hydrogens is 256 g/mol. The summed E-state index contributed by atoms with van der Waals surface area (Å²) in [4.78, 5) is 9.97. The highest BCUT2D eigenvalue weighted by atomic mass is 32.2. The first-order valence-electron chi connectivity index (χ1n) is 5.60. The van der Waals surface area contributed by atoms with Crippen LogP contribution in [-0.2, 0) is 10.0 Å². The Labute approximate surface area is 106 Å². The molecule has 0 aliphatic carbocycles. The Bertz CT molecular complexity index is 528.